The van der Waals surface area contributed by atoms with E-state index in [2.05, 4.69) is 15.9 Å². The molecule has 0 N–H and O–H groups in total. The van der Waals surface area contributed by atoms with Gasteiger partial charge in [-0.2, -0.15) is 0 Å². The maximum atomic E-state index is 12.7. The summed E-state index contributed by atoms with van der Waals surface area (Å²) in [6, 6.07) is 9.64. The van der Waals surface area contributed by atoms with Crippen molar-refractivity contribution in [3.05, 3.63) is 71.5 Å². The van der Waals surface area contributed by atoms with Gasteiger partial charge in [0.1, 0.15) is 5.02 Å². The van der Waals surface area contributed by atoms with Gasteiger partial charge >= 0.3 is 0 Å². The third-order valence-corrected chi connectivity index (χ3v) is 5.89. The van der Waals surface area contributed by atoms with Crippen LogP contribution in [0.15, 0.2) is 45.8 Å². The molecule has 26 heavy (non-hydrogen) atoms. The Kier molecular flexibility index (Phi) is 5.69. The third-order valence-electron chi connectivity index (χ3n) is 3.43. The van der Waals surface area contributed by atoms with Crippen LogP contribution in [0.2, 0.25) is 10.0 Å². The van der Waals surface area contributed by atoms with Gasteiger partial charge in [0.05, 0.1) is 15.5 Å². The Morgan fingerprint density at radius 2 is 1.85 bits per heavy atom. The van der Waals surface area contributed by atoms with Gasteiger partial charge in [0, 0.05) is 21.1 Å². The summed E-state index contributed by atoms with van der Waals surface area (Å²) < 4.78 is 1.24. The van der Waals surface area contributed by atoms with Crippen molar-refractivity contribution in [3.63, 3.8) is 0 Å². The Morgan fingerprint density at radius 3 is 2.46 bits per heavy atom. The number of hydrogen-bond acceptors (Lipinski definition) is 5. The maximum absolute atomic E-state index is 12.7. The Morgan fingerprint density at radius 1 is 1.19 bits per heavy atom. The molecule has 2 aromatic rings. The van der Waals surface area contributed by atoms with Gasteiger partial charge in [0.15, 0.2) is 4.32 Å². The van der Waals surface area contributed by atoms with Crippen LogP contribution in [0.3, 0.4) is 0 Å². The predicted octanol–water partition coefficient (Wildman–Crippen LogP) is 6.07. The summed E-state index contributed by atoms with van der Waals surface area (Å²) in [5, 5.41) is 11.2. The molecule has 0 aromatic heterocycles. The second kappa shape index (κ2) is 7.66. The molecule has 0 spiro atoms. The number of nitrogens with zero attached hydrogens (tertiary/aromatic N) is 2. The molecule has 1 aliphatic heterocycles. The zero-order valence-electron chi connectivity index (χ0n) is 12.6. The fourth-order valence-electron chi connectivity index (χ4n) is 2.23. The van der Waals surface area contributed by atoms with Crippen LogP contribution in [0, 0.1) is 10.1 Å². The Hall–Kier alpha value is -1.45. The Bertz CT molecular complexity index is 980. The van der Waals surface area contributed by atoms with Crippen molar-refractivity contribution in [3.8, 4) is 0 Å². The monoisotopic (exact) mass is 488 g/mol. The first-order valence-electron chi connectivity index (χ1n) is 6.95. The first-order valence-corrected chi connectivity index (χ1v) is 9.72. The van der Waals surface area contributed by atoms with Gasteiger partial charge in [-0.3, -0.25) is 19.8 Å². The fourth-order valence-corrected chi connectivity index (χ4v) is 4.29. The lowest BCUT2D eigenvalue weighted by molar-refractivity contribution is -0.384. The second-order valence-corrected chi connectivity index (χ2v) is 8.48. The van der Waals surface area contributed by atoms with Crippen LogP contribution in [0.4, 0.5) is 11.4 Å². The number of hydrogen-bond donors (Lipinski definition) is 0. The van der Waals surface area contributed by atoms with Crippen molar-refractivity contribution in [2.45, 2.75) is 0 Å². The molecule has 0 unspecified atom stereocenters. The summed E-state index contributed by atoms with van der Waals surface area (Å²) >= 11 is 21.7. The van der Waals surface area contributed by atoms with Crippen LogP contribution in [0.1, 0.15) is 5.56 Å². The van der Waals surface area contributed by atoms with E-state index in [9.17, 15) is 14.9 Å². The third kappa shape index (κ3) is 3.79. The Balaban J connectivity index is 1.99. The number of carbonyl (C=O) groups excluding carboxylic acids is 1. The summed E-state index contributed by atoms with van der Waals surface area (Å²) in [6.07, 6.45) is 1.48. The summed E-state index contributed by atoms with van der Waals surface area (Å²) in [4.78, 5) is 24.9. The van der Waals surface area contributed by atoms with E-state index in [4.69, 9.17) is 35.4 Å². The first-order chi connectivity index (χ1) is 12.3. The lowest BCUT2D eigenvalue weighted by atomic mass is 10.1. The molecule has 0 radical (unpaired) electrons. The highest BCUT2D eigenvalue weighted by Gasteiger charge is 2.33. The lowest BCUT2D eigenvalue weighted by Gasteiger charge is -2.14. The normalized spacial score (nSPS) is 15.8. The molecule has 3 rings (SSSR count). The van der Waals surface area contributed by atoms with Crippen LogP contribution in [0.5, 0.6) is 0 Å². The molecule has 10 heteroatoms. The van der Waals surface area contributed by atoms with E-state index < -0.39 is 4.92 Å². The number of anilines is 1. The highest BCUT2D eigenvalue weighted by molar-refractivity contribution is 9.10. The van der Waals surface area contributed by atoms with E-state index in [1.54, 1.807) is 24.3 Å². The highest BCUT2D eigenvalue weighted by atomic mass is 79.9. The molecule has 132 valence electrons. The molecular formula is C16H7BrCl2N2O3S2. The smallest absolute Gasteiger partial charge is 0.268 e. The van der Waals surface area contributed by atoms with Gasteiger partial charge < -0.3 is 0 Å². The van der Waals surface area contributed by atoms with Gasteiger partial charge in [0.2, 0.25) is 0 Å². The number of rotatable bonds is 3. The molecule has 1 fully saturated rings. The van der Waals surface area contributed by atoms with Gasteiger partial charge in [-0.15, -0.1) is 0 Å². The Labute approximate surface area is 176 Å². The van der Waals surface area contributed by atoms with Crippen molar-refractivity contribution in [1.82, 2.24) is 0 Å². The number of amides is 1. The van der Waals surface area contributed by atoms with Crippen LogP contribution in [-0.2, 0) is 4.79 Å². The molecule has 0 aliphatic carbocycles. The van der Waals surface area contributed by atoms with Gasteiger partial charge in [-0.25, -0.2) is 0 Å². The maximum Gasteiger partial charge on any atom is 0.288 e. The summed E-state index contributed by atoms with van der Waals surface area (Å²) in [5.74, 6) is -0.323. The molecule has 0 saturated carbocycles. The molecule has 1 aliphatic rings. The average molecular weight is 490 g/mol. The number of thiocarbonyl (C=S) groups is 1. The predicted molar refractivity (Wildman–Crippen MR) is 113 cm³/mol. The minimum atomic E-state index is -0.608. The zero-order valence-corrected chi connectivity index (χ0v) is 17.3. The largest absolute Gasteiger partial charge is 0.288 e. The van der Waals surface area contributed by atoms with Crippen LogP contribution < -0.4 is 4.90 Å². The van der Waals surface area contributed by atoms with Crippen molar-refractivity contribution >= 4 is 90.8 Å². The number of nitro groups is 1. The van der Waals surface area contributed by atoms with E-state index >= 15 is 0 Å². The molecule has 0 atom stereocenters. The minimum absolute atomic E-state index is 0.0699. The topological polar surface area (TPSA) is 63.4 Å². The number of halogens is 3. The SMILES string of the molecule is O=C1/C(=C/c2cc([N+](=O)[O-])c(Cl)cc2Cl)SC(=S)N1c1ccc(Br)cc1. The summed E-state index contributed by atoms with van der Waals surface area (Å²) in [6.45, 7) is 0. The van der Waals surface area contributed by atoms with E-state index in [1.165, 1.54) is 23.1 Å². The molecule has 2 aromatic carbocycles. The number of benzene rings is 2. The second-order valence-electron chi connectivity index (χ2n) is 5.08. The van der Waals surface area contributed by atoms with Crippen molar-refractivity contribution < 1.29 is 9.72 Å². The van der Waals surface area contributed by atoms with Gasteiger partial charge in [-0.1, -0.05) is 63.1 Å². The van der Waals surface area contributed by atoms with Crippen LogP contribution in [-0.4, -0.2) is 15.2 Å². The van der Waals surface area contributed by atoms with Crippen LogP contribution >= 0.6 is 63.1 Å². The molecule has 1 heterocycles. The van der Waals surface area contributed by atoms with Crippen LogP contribution in [0.25, 0.3) is 6.08 Å². The minimum Gasteiger partial charge on any atom is -0.268 e. The van der Waals surface area contributed by atoms with E-state index in [0.717, 1.165) is 16.2 Å². The van der Waals surface area contributed by atoms with E-state index in [0.29, 0.717) is 20.5 Å². The quantitative estimate of drug-likeness (QED) is 0.226. The summed E-state index contributed by atoms with van der Waals surface area (Å²) in [7, 11) is 0. The molecule has 1 saturated heterocycles. The standard InChI is InChI=1S/C16H7BrCl2N2O3S2/c17-9-1-3-10(4-2-9)20-15(22)14(26-16(20)25)6-8-5-13(21(23)24)12(19)7-11(8)18/h1-7H/b14-6-. The number of nitro benzene ring substituents is 1. The molecule has 1 amide bonds. The molecule has 0 bridgehead atoms. The average Bonchev–Trinajstić information content (AvgIpc) is 2.84. The van der Waals surface area contributed by atoms with Gasteiger partial charge in [0.25, 0.3) is 11.6 Å². The summed E-state index contributed by atoms with van der Waals surface area (Å²) in [5.41, 5.74) is 0.664. The van der Waals surface area contributed by atoms with Crippen molar-refractivity contribution in [2.75, 3.05) is 4.90 Å². The van der Waals surface area contributed by atoms with E-state index in [-0.39, 0.29) is 21.6 Å². The molecular weight excluding hydrogens is 483 g/mol. The number of thioether (sulfide) groups is 1. The number of carbonyl (C=O) groups is 1. The van der Waals surface area contributed by atoms with Crippen molar-refractivity contribution in [2.24, 2.45) is 0 Å². The fraction of sp³-hybridized carbons (Fsp3) is 0. The van der Waals surface area contributed by atoms with Gasteiger partial charge in [-0.05, 0) is 36.4 Å². The molecule has 5 nitrogen and oxygen atoms in total. The van der Waals surface area contributed by atoms with Crippen molar-refractivity contribution in [1.29, 1.82) is 0 Å². The lowest BCUT2D eigenvalue weighted by Crippen LogP contribution is -2.27. The first kappa shape index (κ1) is 19.3. The zero-order chi connectivity index (χ0) is 19.0. The highest BCUT2D eigenvalue weighted by Crippen LogP contribution is 2.38. The van der Waals surface area contributed by atoms with E-state index in [1.807, 2.05) is 0 Å².